The monoisotopic (exact) mass is 368 g/mol. The molecule has 0 aliphatic carbocycles. The number of rotatable bonds is 8. The second-order valence-corrected chi connectivity index (χ2v) is 6.77. The molecule has 0 aromatic heterocycles. The Morgan fingerprint density at radius 3 is 2.60 bits per heavy atom. The quantitative estimate of drug-likeness (QED) is 0.726. The van der Waals surface area contributed by atoms with E-state index < -0.39 is 0 Å². The van der Waals surface area contributed by atoms with E-state index in [0.29, 0.717) is 24.9 Å². The molecule has 2 rings (SSSR count). The normalized spacial score (nSPS) is 17.2. The van der Waals surface area contributed by atoms with Crippen molar-refractivity contribution in [3.05, 3.63) is 29.8 Å². The van der Waals surface area contributed by atoms with Crippen LogP contribution < -0.4 is 15.4 Å². The van der Waals surface area contributed by atoms with Crippen LogP contribution >= 0.6 is 12.4 Å². The van der Waals surface area contributed by atoms with E-state index in [9.17, 15) is 4.79 Å². The van der Waals surface area contributed by atoms with Crippen LogP contribution in [-0.2, 0) is 4.79 Å². The Labute approximate surface area is 158 Å². The number of halogens is 1. The molecule has 1 aromatic rings. The van der Waals surface area contributed by atoms with Gasteiger partial charge in [-0.2, -0.15) is 0 Å². The molecule has 2 N–H and O–H groups in total. The molecule has 0 radical (unpaired) electrons. The third kappa shape index (κ3) is 6.52. The Hall–Kier alpha value is -1.26. The van der Waals surface area contributed by atoms with Crippen LogP contribution in [-0.4, -0.2) is 25.6 Å². The van der Waals surface area contributed by atoms with Crippen LogP contribution in [0.3, 0.4) is 0 Å². The number of amides is 1. The van der Waals surface area contributed by atoms with Crippen molar-refractivity contribution in [3.63, 3.8) is 0 Å². The smallest absolute Gasteiger partial charge is 0.220 e. The van der Waals surface area contributed by atoms with Crippen LogP contribution in [0, 0.1) is 11.8 Å². The lowest BCUT2D eigenvalue weighted by atomic mass is 9.84. The fourth-order valence-corrected chi connectivity index (χ4v) is 3.58. The first-order valence-electron chi connectivity index (χ1n) is 9.37. The number of para-hydroxylation sites is 1. The van der Waals surface area contributed by atoms with Gasteiger partial charge in [0, 0.05) is 12.0 Å². The molecule has 2 atom stereocenters. The van der Waals surface area contributed by atoms with Gasteiger partial charge >= 0.3 is 0 Å². The zero-order valence-corrected chi connectivity index (χ0v) is 16.5. The van der Waals surface area contributed by atoms with E-state index in [-0.39, 0.29) is 24.4 Å². The molecule has 1 fully saturated rings. The van der Waals surface area contributed by atoms with Gasteiger partial charge in [-0.05, 0) is 57.2 Å². The highest BCUT2D eigenvalue weighted by molar-refractivity contribution is 5.85. The number of nitrogens with one attached hydrogen (secondary N) is 2. The van der Waals surface area contributed by atoms with E-state index in [4.69, 9.17) is 4.74 Å². The molecular weight excluding hydrogens is 336 g/mol. The van der Waals surface area contributed by atoms with E-state index in [2.05, 4.69) is 30.5 Å². The summed E-state index contributed by atoms with van der Waals surface area (Å²) in [5.74, 6) is 2.12. The number of ether oxygens (including phenoxy) is 1. The Bertz CT molecular complexity index is 518. The molecule has 4 nitrogen and oxygen atoms in total. The average molecular weight is 369 g/mol. The maximum atomic E-state index is 12.5. The predicted octanol–water partition coefficient (Wildman–Crippen LogP) is 4.10. The Morgan fingerprint density at radius 1 is 1.28 bits per heavy atom. The van der Waals surface area contributed by atoms with E-state index in [0.717, 1.165) is 30.8 Å². The summed E-state index contributed by atoms with van der Waals surface area (Å²) in [5.41, 5.74) is 1.07. The van der Waals surface area contributed by atoms with Crippen molar-refractivity contribution in [1.29, 1.82) is 0 Å². The Morgan fingerprint density at radius 2 is 1.96 bits per heavy atom. The van der Waals surface area contributed by atoms with Gasteiger partial charge in [0.25, 0.3) is 0 Å². The Balaban J connectivity index is 0.00000312. The van der Waals surface area contributed by atoms with Gasteiger partial charge in [-0.25, -0.2) is 0 Å². The molecule has 0 spiro atoms. The van der Waals surface area contributed by atoms with Crippen LogP contribution in [0.2, 0.25) is 0 Å². The van der Waals surface area contributed by atoms with E-state index in [1.807, 2.05) is 25.1 Å². The molecule has 142 valence electrons. The zero-order valence-electron chi connectivity index (χ0n) is 15.7. The summed E-state index contributed by atoms with van der Waals surface area (Å²) >= 11 is 0. The van der Waals surface area contributed by atoms with Crippen LogP contribution in [0.4, 0.5) is 0 Å². The minimum Gasteiger partial charge on any atom is -0.494 e. The summed E-state index contributed by atoms with van der Waals surface area (Å²) < 4.78 is 5.72. The molecule has 1 aromatic carbocycles. The van der Waals surface area contributed by atoms with Crippen LogP contribution in [0.15, 0.2) is 24.3 Å². The van der Waals surface area contributed by atoms with Gasteiger partial charge in [-0.1, -0.05) is 32.0 Å². The van der Waals surface area contributed by atoms with Gasteiger partial charge in [-0.15, -0.1) is 12.4 Å². The molecule has 1 saturated heterocycles. The molecule has 1 aliphatic heterocycles. The van der Waals surface area contributed by atoms with Gasteiger partial charge in [0.2, 0.25) is 5.91 Å². The number of piperidine rings is 1. The van der Waals surface area contributed by atoms with E-state index >= 15 is 0 Å². The second-order valence-electron chi connectivity index (χ2n) is 6.77. The van der Waals surface area contributed by atoms with Gasteiger partial charge in [0.15, 0.2) is 0 Å². The first-order chi connectivity index (χ1) is 11.7. The molecule has 0 saturated carbocycles. The van der Waals surface area contributed by atoms with Gasteiger partial charge < -0.3 is 15.4 Å². The van der Waals surface area contributed by atoms with Gasteiger partial charge in [-0.3, -0.25) is 4.79 Å². The first kappa shape index (κ1) is 21.8. The van der Waals surface area contributed by atoms with Crippen molar-refractivity contribution in [2.24, 2.45) is 11.8 Å². The molecule has 2 unspecified atom stereocenters. The predicted molar refractivity (Wildman–Crippen MR) is 105 cm³/mol. The highest BCUT2D eigenvalue weighted by atomic mass is 35.5. The summed E-state index contributed by atoms with van der Waals surface area (Å²) in [6.45, 7) is 9.09. The van der Waals surface area contributed by atoms with Crippen LogP contribution in [0.25, 0.3) is 0 Å². The average Bonchev–Trinajstić information content (AvgIpc) is 2.61. The molecular formula is C20H33ClN2O2. The largest absolute Gasteiger partial charge is 0.494 e. The van der Waals surface area contributed by atoms with E-state index in [1.165, 1.54) is 12.8 Å². The third-order valence-electron chi connectivity index (χ3n) is 5.03. The number of hydrogen-bond donors (Lipinski definition) is 2. The Kier molecular flexibility index (Phi) is 9.91. The number of benzene rings is 1. The standard InChI is InChI=1S/C20H32N2O2.ClH/c1-4-18(17-8-6-7-9-19(17)24-5-2)22-20(23)14-15(3)16-10-12-21-13-11-16;/h6-9,15-16,18,21H,4-5,10-14H2,1-3H3,(H,22,23);1H. The van der Waals surface area contributed by atoms with Crippen molar-refractivity contribution in [2.75, 3.05) is 19.7 Å². The summed E-state index contributed by atoms with van der Waals surface area (Å²) in [6.07, 6.45) is 3.83. The summed E-state index contributed by atoms with van der Waals surface area (Å²) in [6, 6.07) is 8.02. The summed E-state index contributed by atoms with van der Waals surface area (Å²) in [4.78, 5) is 12.5. The maximum Gasteiger partial charge on any atom is 0.220 e. The maximum absolute atomic E-state index is 12.5. The number of carbonyl (C=O) groups excluding carboxylic acids is 1. The lowest BCUT2D eigenvalue weighted by Gasteiger charge is -2.28. The molecule has 1 aliphatic rings. The lowest BCUT2D eigenvalue weighted by Crippen LogP contribution is -2.34. The fourth-order valence-electron chi connectivity index (χ4n) is 3.58. The molecule has 1 heterocycles. The number of hydrogen-bond acceptors (Lipinski definition) is 3. The third-order valence-corrected chi connectivity index (χ3v) is 5.03. The SMILES string of the molecule is CCOc1ccccc1C(CC)NC(=O)CC(C)C1CCNCC1.Cl. The van der Waals surface area contributed by atoms with Gasteiger partial charge in [0.05, 0.1) is 12.6 Å². The van der Waals surface area contributed by atoms with Crippen LogP contribution in [0.5, 0.6) is 5.75 Å². The van der Waals surface area contributed by atoms with Gasteiger partial charge in [0.1, 0.15) is 5.75 Å². The van der Waals surface area contributed by atoms with Crippen molar-refractivity contribution >= 4 is 18.3 Å². The fraction of sp³-hybridized carbons (Fsp3) is 0.650. The summed E-state index contributed by atoms with van der Waals surface area (Å²) in [7, 11) is 0. The second kappa shape index (κ2) is 11.4. The molecule has 5 heteroatoms. The topological polar surface area (TPSA) is 50.4 Å². The zero-order chi connectivity index (χ0) is 17.4. The van der Waals surface area contributed by atoms with E-state index in [1.54, 1.807) is 0 Å². The minimum absolute atomic E-state index is 0. The lowest BCUT2D eigenvalue weighted by molar-refractivity contribution is -0.123. The highest BCUT2D eigenvalue weighted by Gasteiger charge is 2.23. The number of carbonyl (C=O) groups is 1. The summed E-state index contributed by atoms with van der Waals surface area (Å²) in [5, 5.41) is 6.61. The van der Waals surface area contributed by atoms with Crippen molar-refractivity contribution in [2.45, 2.75) is 52.5 Å². The first-order valence-corrected chi connectivity index (χ1v) is 9.37. The van der Waals surface area contributed by atoms with Crippen molar-refractivity contribution in [1.82, 2.24) is 10.6 Å². The van der Waals surface area contributed by atoms with Crippen molar-refractivity contribution < 1.29 is 9.53 Å². The van der Waals surface area contributed by atoms with Crippen molar-refractivity contribution in [3.8, 4) is 5.75 Å². The molecule has 0 bridgehead atoms. The minimum atomic E-state index is 0. The molecule has 25 heavy (non-hydrogen) atoms. The molecule has 1 amide bonds. The highest BCUT2D eigenvalue weighted by Crippen LogP contribution is 2.28. The van der Waals surface area contributed by atoms with Crippen LogP contribution in [0.1, 0.15) is 58.1 Å².